The molecule has 0 atom stereocenters. The summed E-state index contributed by atoms with van der Waals surface area (Å²) in [5, 5.41) is 3.43. The van der Waals surface area contributed by atoms with Crippen LogP contribution in [0.25, 0.3) is 5.65 Å². The zero-order valence-electron chi connectivity index (χ0n) is 16.0. The number of hydrogen-bond donors (Lipinski definition) is 1. The summed E-state index contributed by atoms with van der Waals surface area (Å²) < 4.78 is 2.09. The molecule has 5 heteroatoms. The lowest BCUT2D eigenvalue weighted by molar-refractivity contribution is 0.477. The number of pyridine rings is 1. The number of aromatic nitrogens is 2. The number of fused-ring (bicyclic) bond motifs is 1. The summed E-state index contributed by atoms with van der Waals surface area (Å²) in [5.74, 6) is 0.894. The van der Waals surface area contributed by atoms with Crippen molar-refractivity contribution in [1.29, 1.82) is 0 Å². The molecule has 0 bridgehead atoms. The van der Waals surface area contributed by atoms with E-state index in [1.807, 2.05) is 19.3 Å². The number of hydrogen-bond acceptors (Lipinski definition) is 2. The molecule has 1 N–H and O–H groups in total. The third-order valence-corrected chi connectivity index (χ3v) is 4.51. The van der Waals surface area contributed by atoms with Gasteiger partial charge in [-0.15, -0.1) is 0 Å². The molecule has 0 radical (unpaired) electrons. The highest BCUT2D eigenvalue weighted by Crippen LogP contribution is 2.10. The molecule has 3 aromatic rings. The first-order valence-corrected chi connectivity index (χ1v) is 8.97. The van der Waals surface area contributed by atoms with Gasteiger partial charge in [-0.05, 0) is 31.0 Å². The Kier molecular flexibility index (Phi) is 5.56. The Labute approximate surface area is 155 Å². The van der Waals surface area contributed by atoms with Crippen LogP contribution in [0.15, 0.2) is 53.8 Å². The maximum absolute atomic E-state index is 4.73. The predicted molar refractivity (Wildman–Crippen MR) is 108 cm³/mol. The summed E-state index contributed by atoms with van der Waals surface area (Å²) in [6, 6.07) is 12.8. The van der Waals surface area contributed by atoms with E-state index in [1.54, 1.807) is 0 Å². The average Bonchev–Trinajstić information content (AvgIpc) is 3.05. The Morgan fingerprint density at radius 3 is 2.65 bits per heavy atom. The standard InChI is InChI=1S/C21H27N5/c1-16-7-9-18(10-8-16)14-25(4)21(22-3)23-12-11-19-15-26-13-5-6-17(2)20(26)24-19/h5-10,13,15H,11-12,14H2,1-4H3,(H,22,23). The van der Waals surface area contributed by atoms with Gasteiger partial charge in [-0.2, -0.15) is 0 Å². The molecule has 0 saturated heterocycles. The Morgan fingerprint density at radius 1 is 1.19 bits per heavy atom. The van der Waals surface area contributed by atoms with Crippen LogP contribution in [0, 0.1) is 13.8 Å². The topological polar surface area (TPSA) is 44.9 Å². The van der Waals surface area contributed by atoms with Gasteiger partial charge in [-0.1, -0.05) is 35.9 Å². The summed E-state index contributed by atoms with van der Waals surface area (Å²) in [6.45, 7) is 5.82. The van der Waals surface area contributed by atoms with Crippen molar-refractivity contribution in [3.05, 3.63) is 71.2 Å². The van der Waals surface area contributed by atoms with Crippen LogP contribution >= 0.6 is 0 Å². The molecule has 0 saturated carbocycles. The van der Waals surface area contributed by atoms with Crippen molar-refractivity contribution >= 4 is 11.6 Å². The number of rotatable bonds is 5. The number of nitrogens with zero attached hydrogens (tertiary/aromatic N) is 4. The SMILES string of the molecule is CN=C(NCCc1cn2cccc(C)c2n1)N(C)Cc1ccc(C)cc1. The van der Waals surface area contributed by atoms with Crippen LogP contribution in [0.4, 0.5) is 0 Å². The second-order valence-electron chi connectivity index (χ2n) is 6.72. The Morgan fingerprint density at radius 2 is 1.96 bits per heavy atom. The third kappa shape index (κ3) is 4.23. The highest BCUT2D eigenvalue weighted by Gasteiger charge is 2.08. The van der Waals surface area contributed by atoms with Crippen molar-refractivity contribution in [2.75, 3.05) is 20.6 Å². The largest absolute Gasteiger partial charge is 0.356 e. The zero-order valence-corrected chi connectivity index (χ0v) is 16.0. The van der Waals surface area contributed by atoms with E-state index in [9.17, 15) is 0 Å². The van der Waals surface area contributed by atoms with Gasteiger partial charge in [0.15, 0.2) is 5.96 Å². The minimum absolute atomic E-state index is 0.799. The van der Waals surface area contributed by atoms with E-state index in [0.29, 0.717) is 0 Å². The van der Waals surface area contributed by atoms with Gasteiger partial charge in [-0.3, -0.25) is 4.99 Å². The number of nitrogens with one attached hydrogen (secondary N) is 1. The van der Waals surface area contributed by atoms with Crippen molar-refractivity contribution < 1.29 is 0 Å². The molecule has 0 unspecified atom stereocenters. The average molecular weight is 349 g/mol. The van der Waals surface area contributed by atoms with E-state index < -0.39 is 0 Å². The number of aryl methyl sites for hydroxylation is 2. The highest BCUT2D eigenvalue weighted by atomic mass is 15.3. The maximum atomic E-state index is 4.73. The second kappa shape index (κ2) is 8.04. The molecule has 0 aliphatic heterocycles. The molecule has 0 aliphatic rings. The van der Waals surface area contributed by atoms with E-state index >= 15 is 0 Å². The molecule has 3 rings (SSSR count). The number of guanidine groups is 1. The Hall–Kier alpha value is -2.82. The molecular formula is C21H27N5. The number of aliphatic imine (C=N–C) groups is 1. The first kappa shape index (κ1) is 18.0. The summed E-state index contributed by atoms with van der Waals surface area (Å²) >= 11 is 0. The van der Waals surface area contributed by atoms with E-state index in [0.717, 1.165) is 36.8 Å². The van der Waals surface area contributed by atoms with Crippen LogP contribution in [0.1, 0.15) is 22.4 Å². The number of imidazole rings is 1. The smallest absolute Gasteiger partial charge is 0.193 e. The molecule has 1 aromatic carbocycles. The van der Waals surface area contributed by atoms with Gasteiger partial charge in [0, 0.05) is 46.0 Å². The van der Waals surface area contributed by atoms with E-state index in [-0.39, 0.29) is 0 Å². The van der Waals surface area contributed by atoms with Gasteiger partial charge in [0.2, 0.25) is 0 Å². The molecule has 0 amide bonds. The molecule has 0 fully saturated rings. The molecule has 2 heterocycles. The Balaban J connectivity index is 1.56. The minimum Gasteiger partial charge on any atom is -0.356 e. The minimum atomic E-state index is 0.799. The van der Waals surface area contributed by atoms with Gasteiger partial charge in [0.25, 0.3) is 0 Å². The van der Waals surface area contributed by atoms with E-state index in [4.69, 9.17) is 4.98 Å². The fourth-order valence-electron chi connectivity index (χ4n) is 3.05. The van der Waals surface area contributed by atoms with Crippen molar-refractivity contribution in [2.45, 2.75) is 26.8 Å². The molecular weight excluding hydrogens is 322 g/mol. The van der Waals surface area contributed by atoms with Crippen molar-refractivity contribution in [2.24, 2.45) is 4.99 Å². The molecule has 2 aromatic heterocycles. The lowest BCUT2D eigenvalue weighted by Crippen LogP contribution is -2.39. The van der Waals surface area contributed by atoms with Gasteiger partial charge in [0.05, 0.1) is 5.69 Å². The van der Waals surface area contributed by atoms with Crippen molar-refractivity contribution in [3.8, 4) is 0 Å². The summed E-state index contributed by atoms with van der Waals surface area (Å²) in [4.78, 5) is 11.3. The number of benzene rings is 1. The highest BCUT2D eigenvalue weighted by molar-refractivity contribution is 5.79. The van der Waals surface area contributed by atoms with Crippen LogP contribution in [0.5, 0.6) is 0 Å². The summed E-state index contributed by atoms with van der Waals surface area (Å²) in [5.41, 5.74) is 5.87. The van der Waals surface area contributed by atoms with Crippen LogP contribution in [-0.4, -0.2) is 40.9 Å². The van der Waals surface area contributed by atoms with Crippen LogP contribution < -0.4 is 5.32 Å². The quantitative estimate of drug-likeness (QED) is 0.568. The lowest BCUT2D eigenvalue weighted by Gasteiger charge is -2.22. The molecule has 136 valence electrons. The monoisotopic (exact) mass is 349 g/mol. The third-order valence-electron chi connectivity index (χ3n) is 4.51. The fraction of sp³-hybridized carbons (Fsp3) is 0.333. The predicted octanol–water partition coefficient (Wildman–Crippen LogP) is 3.20. The first-order chi connectivity index (χ1) is 12.6. The summed E-state index contributed by atoms with van der Waals surface area (Å²) in [6.07, 6.45) is 5.00. The van der Waals surface area contributed by atoms with Crippen molar-refractivity contribution in [1.82, 2.24) is 19.6 Å². The molecule has 0 aliphatic carbocycles. The van der Waals surface area contributed by atoms with Crippen molar-refractivity contribution in [3.63, 3.8) is 0 Å². The lowest BCUT2D eigenvalue weighted by atomic mass is 10.1. The molecule has 0 spiro atoms. The second-order valence-corrected chi connectivity index (χ2v) is 6.72. The fourth-order valence-corrected chi connectivity index (χ4v) is 3.05. The summed E-state index contributed by atoms with van der Waals surface area (Å²) in [7, 11) is 3.88. The van der Waals surface area contributed by atoms with Crippen LogP contribution in [-0.2, 0) is 13.0 Å². The zero-order chi connectivity index (χ0) is 18.5. The van der Waals surface area contributed by atoms with E-state index in [2.05, 4.69) is 77.0 Å². The van der Waals surface area contributed by atoms with Gasteiger partial charge < -0.3 is 14.6 Å². The molecule has 26 heavy (non-hydrogen) atoms. The normalized spacial score (nSPS) is 11.8. The van der Waals surface area contributed by atoms with Crippen LogP contribution in [0.3, 0.4) is 0 Å². The van der Waals surface area contributed by atoms with Gasteiger partial charge in [0.1, 0.15) is 5.65 Å². The Bertz CT molecular complexity index is 892. The van der Waals surface area contributed by atoms with Crippen LogP contribution in [0.2, 0.25) is 0 Å². The molecule has 5 nitrogen and oxygen atoms in total. The van der Waals surface area contributed by atoms with Gasteiger partial charge >= 0.3 is 0 Å². The van der Waals surface area contributed by atoms with Gasteiger partial charge in [-0.25, -0.2) is 4.98 Å². The first-order valence-electron chi connectivity index (χ1n) is 8.97. The maximum Gasteiger partial charge on any atom is 0.193 e. The van der Waals surface area contributed by atoms with E-state index in [1.165, 1.54) is 16.7 Å².